The molecule has 3 nitrogen and oxygen atoms in total. The largest absolute Gasteiger partial charge is 0.358 e. The van der Waals surface area contributed by atoms with E-state index in [1.54, 1.807) is 4.90 Å². The van der Waals surface area contributed by atoms with Gasteiger partial charge in [0.1, 0.15) is 11.4 Å². The van der Waals surface area contributed by atoms with Crippen molar-refractivity contribution < 1.29 is 4.79 Å². The Labute approximate surface area is 79.8 Å². The number of amides is 1. The van der Waals surface area contributed by atoms with Gasteiger partial charge in [-0.2, -0.15) is 0 Å². The molecule has 0 aromatic heterocycles. The van der Waals surface area contributed by atoms with E-state index in [-0.39, 0.29) is 11.9 Å². The first-order valence-corrected chi connectivity index (χ1v) is 4.73. The van der Waals surface area contributed by atoms with Gasteiger partial charge in [0.05, 0.1) is 0 Å². The Kier molecular flexibility index (Phi) is 2.37. The fraction of sp³-hybridized carbons (Fsp3) is 0.700. The molecule has 0 bridgehead atoms. The number of carbonyl (C=O) groups excluding carboxylic acids is 1. The molecule has 0 aromatic carbocycles. The number of hydrogen-bond acceptors (Lipinski definition) is 2. The van der Waals surface area contributed by atoms with E-state index < -0.39 is 5.54 Å². The lowest BCUT2D eigenvalue weighted by Gasteiger charge is -2.22. The van der Waals surface area contributed by atoms with Gasteiger partial charge >= 0.3 is 0 Å². The predicted molar refractivity (Wildman–Crippen MR) is 53.0 cm³/mol. The van der Waals surface area contributed by atoms with Crippen LogP contribution in [0.3, 0.4) is 0 Å². The Balaban J connectivity index is 2.94. The molecule has 1 N–H and O–H groups in total. The number of carbonyl (C=O) groups is 1. The summed E-state index contributed by atoms with van der Waals surface area (Å²) in [6.07, 6.45) is 0.786. The fourth-order valence-electron chi connectivity index (χ4n) is 1.61. The lowest BCUT2D eigenvalue weighted by atomic mass is 9.99. The maximum atomic E-state index is 11.9. The number of nitrogens with zero attached hydrogens (tertiary/aromatic N) is 1. The molecule has 0 aliphatic carbocycles. The minimum absolute atomic E-state index is 0.134. The number of nitrogens with one attached hydrogen (secondary N) is 1. The normalized spacial score (nSPS) is 28.5. The van der Waals surface area contributed by atoms with Crippen LogP contribution in [0.15, 0.2) is 12.4 Å². The molecule has 1 aliphatic heterocycles. The van der Waals surface area contributed by atoms with Crippen molar-refractivity contribution in [3.63, 3.8) is 0 Å². The minimum atomic E-state index is -0.443. The van der Waals surface area contributed by atoms with Crippen molar-refractivity contribution in [2.24, 2.45) is 0 Å². The molecule has 0 spiro atoms. The van der Waals surface area contributed by atoms with Crippen LogP contribution in [0.25, 0.3) is 0 Å². The summed E-state index contributed by atoms with van der Waals surface area (Å²) in [5, 5.41) is 3.14. The zero-order valence-corrected chi connectivity index (χ0v) is 8.85. The third kappa shape index (κ3) is 1.43. The Morgan fingerprint density at radius 2 is 2.15 bits per heavy atom. The Hall–Kier alpha value is -0.990. The fourth-order valence-corrected chi connectivity index (χ4v) is 1.61. The van der Waals surface area contributed by atoms with Crippen LogP contribution in [0, 0.1) is 0 Å². The molecule has 0 unspecified atom stereocenters. The third-order valence-electron chi connectivity index (χ3n) is 2.63. The van der Waals surface area contributed by atoms with E-state index in [2.05, 4.69) is 11.9 Å². The second-order valence-electron chi connectivity index (χ2n) is 4.03. The van der Waals surface area contributed by atoms with Gasteiger partial charge in [-0.1, -0.05) is 13.5 Å². The second-order valence-corrected chi connectivity index (χ2v) is 4.03. The Morgan fingerprint density at radius 3 is 2.38 bits per heavy atom. The second kappa shape index (κ2) is 3.05. The standard InChI is InChI=1S/C10H18N2O/c1-6-10(5)9(13)12(7(2)3)8(4)11-10/h7,11H,4,6H2,1-3,5H3/t10-/m1/s1. The van der Waals surface area contributed by atoms with Gasteiger partial charge in [-0.15, -0.1) is 0 Å². The highest BCUT2D eigenvalue weighted by Crippen LogP contribution is 2.26. The van der Waals surface area contributed by atoms with E-state index in [0.29, 0.717) is 0 Å². The third-order valence-corrected chi connectivity index (χ3v) is 2.63. The van der Waals surface area contributed by atoms with Crippen LogP contribution in [0.1, 0.15) is 34.1 Å². The van der Waals surface area contributed by atoms with E-state index in [4.69, 9.17) is 0 Å². The summed E-state index contributed by atoms with van der Waals surface area (Å²) in [6, 6.07) is 0.181. The molecule has 74 valence electrons. The molecule has 0 saturated carbocycles. The lowest BCUT2D eigenvalue weighted by Crippen LogP contribution is -2.43. The zero-order chi connectivity index (χ0) is 10.2. The Bertz CT molecular complexity index is 247. The van der Waals surface area contributed by atoms with E-state index in [1.807, 2.05) is 27.7 Å². The van der Waals surface area contributed by atoms with Crippen LogP contribution >= 0.6 is 0 Å². The number of hydrogen-bond donors (Lipinski definition) is 1. The van der Waals surface area contributed by atoms with Crippen molar-refractivity contribution in [3.8, 4) is 0 Å². The van der Waals surface area contributed by atoms with E-state index in [1.165, 1.54) is 0 Å². The quantitative estimate of drug-likeness (QED) is 0.701. The first-order valence-electron chi connectivity index (χ1n) is 4.73. The molecule has 3 heteroatoms. The molecular formula is C10H18N2O. The van der Waals surface area contributed by atoms with Crippen molar-refractivity contribution in [2.75, 3.05) is 0 Å². The molecule has 1 atom stereocenters. The molecule has 13 heavy (non-hydrogen) atoms. The van der Waals surface area contributed by atoms with Gasteiger partial charge in [-0.25, -0.2) is 0 Å². The SMILES string of the molecule is C=C1N[C@](C)(CC)C(=O)N1C(C)C. The van der Waals surface area contributed by atoms with Crippen molar-refractivity contribution in [3.05, 3.63) is 12.4 Å². The van der Waals surface area contributed by atoms with Gasteiger partial charge < -0.3 is 5.32 Å². The first kappa shape index (κ1) is 10.1. The van der Waals surface area contributed by atoms with Gasteiger partial charge in [0.25, 0.3) is 5.91 Å². The van der Waals surface area contributed by atoms with Crippen LogP contribution in [-0.2, 0) is 4.79 Å². The Morgan fingerprint density at radius 1 is 1.62 bits per heavy atom. The zero-order valence-electron chi connectivity index (χ0n) is 8.85. The molecule has 1 saturated heterocycles. The highest BCUT2D eigenvalue weighted by atomic mass is 16.2. The van der Waals surface area contributed by atoms with Crippen LogP contribution in [0.4, 0.5) is 0 Å². The van der Waals surface area contributed by atoms with E-state index in [0.717, 1.165) is 12.2 Å². The van der Waals surface area contributed by atoms with Crippen LogP contribution in [-0.4, -0.2) is 22.4 Å². The van der Waals surface area contributed by atoms with Crippen molar-refractivity contribution >= 4 is 5.91 Å². The topological polar surface area (TPSA) is 32.3 Å². The van der Waals surface area contributed by atoms with Crippen molar-refractivity contribution in [1.29, 1.82) is 0 Å². The summed E-state index contributed by atoms with van der Waals surface area (Å²) in [5.41, 5.74) is -0.443. The summed E-state index contributed by atoms with van der Waals surface area (Å²) in [6.45, 7) is 11.8. The lowest BCUT2D eigenvalue weighted by molar-refractivity contribution is -0.132. The molecule has 1 fully saturated rings. The summed E-state index contributed by atoms with van der Waals surface area (Å²) < 4.78 is 0. The average molecular weight is 182 g/mol. The summed E-state index contributed by atoms with van der Waals surface area (Å²) >= 11 is 0. The van der Waals surface area contributed by atoms with Crippen LogP contribution < -0.4 is 5.32 Å². The molecule has 1 amide bonds. The van der Waals surface area contributed by atoms with E-state index in [9.17, 15) is 4.79 Å². The van der Waals surface area contributed by atoms with Crippen LogP contribution in [0.5, 0.6) is 0 Å². The predicted octanol–water partition coefficient (Wildman–Crippen LogP) is 1.47. The summed E-state index contributed by atoms with van der Waals surface area (Å²) in [4.78, 5) is 13.6. The summed E-state index contributed by atoms with van der Waals surface area (Å²) in [7, 11) is 0. The molecular weight excluding hydrogens is 164 g/mol. The van der Waals surface area contributed by atoms with Gasteiger partial charge in [-0.05, 0) is 27.2 Å². The monoisotopic (exact) mass is 182 g/mol. The highest BCUT2D eigenvalue weighted by molar-refractivity contribution is 5.90. The molecule has 0 aromatic rings. The average Bonchev–Trinajstić information content (AvgIpc) is 2.24. The highest BCUT2D eigenvalue weighted by Gasteiger charge is 2.44. The molecule has 1 rings (SSSR count). The number of rotatable bonds is 2. The minimum Gasteiger partial charge on any atom is -0.358 e. The van der Waals surface area contributed by atoms with Gasteiger partial charge in [0.15, 0.2) is 0 Å². The molecule has 1 heterocycles. The molecule has 1 aliphatic rings. The maximum absolute atomic E-state index is 11.9. The summed E-state index contributed by atoms with van der Waals surface area (Å²) in [5.74, 6) is 0.861. The first-order chi connectivity index (χ1) is 5.92. The van der Waals surface area contributed by atoms with Gasteiger partial charge in [0, 0.05) is 6.04 Å². The van der Waals surface area contributed by atoms with E-state index >= 15 is 0 Å². The van der Waals surface area contributed by atoms with Gasteiger partial charge in [0.2, 0.25) is 0 Å². The smallest absolute Gasteiger partial charge is 0.253 e. The maximum Gasteiger partial charge on any atom is 0.253 e. The van der Waals surface area contributed by atoms with Crippen LogP contribution in [0.2, 0.25) is 0 Å². The van der Waals surface area contributed by atoms with Gasteiger partial charge in [-0.3, -0.25) is 9.69 Å². The molecule has 0 radical (unpaired) electrons. The van der Waals surface area contributed by atoms with Crippen molar-refractivity contribution in [2.45, 2.75) is 45.7 Å². The van der Waals surface area contributed by atoms with Crippen molar-refractivity contribution in [1.82, 2.24) is 10.2 Å².